The van der Waals surface area contributed by atoms with Crippen LogP contribution in [-0.2, 0) is 0 Å². The Balaban J connectivity index is 2.10. The average Bonchev–Trinajstić information content (AvgIpc) is 2.92. The topological polar surface area (TPSA) is 54.8 Å². The van der Waals surface area contributed by atoms with Gasteiger partial charge in [-0.05, 0) is 36.8 Å². The molecule has 1 aromatic heterocycles. The zero-order valence-electron chi connectivity index (χ0n) is 10.3. The van der Waals surface area contributed by atoms with E-state index in [1.54, 1.807) is 18.1 Å². The molecule has 0 saturated heterocycles. The van der Waals surface area contributed by atoms with Crippen LogP contribution in [-0.4, -0.2) is 26.9 Å². The number of aromatic nitrogens is 3. The van der Waals surface area contributed by atoms with Crippen molar-refractivity contribution in [2.24, 2.45) is 0 Å². The Labute approximate surface area is 111 Å². The molecule has 0 amide bonds. The largest absolute Gasteiger partial charge is 0.366 e. The first-order chi connectivity index (χ1) is 8.70. The first kappa shape index (κ1) is 12.5. The van der Waals surface area contributed by atoms with E-state index in [1.807, 2.05) is 24.3 Å². The van der Waals surface area contributed by atoms with Crippen LogP contribution in [0, 0.1) is 0 Å². The van der Waals surface area contributed by atoms with Crippen LogP contribution in [0.5, 0.6) is 0 Å². The molecule has 5 nitrogen and oxygen atoms in total. The highest BCUT2D eigenvalue weighted by molar-refractivity contribution is 7.80. The maximum Gasteiger partial charge on any atom is 0.166 e. The van der Waals surface area contributed by atoms with Gasteiger partial charge in [0.15, 0.2) is 5.11 Å². The summed E-state index contributed by atoms with van der Waals surface area (Å²) in [6.07, 6.45) is 3.19. The van der Waals surface area contributed by atoms with Crippen molar-refractivity contribution in [1.29, 1.82) is 0 Å². The molecule has 94 valence electrons. The van der Waals surface area contributed by atoms with Gasteiger partial charge in [-0.25, -0.2) is 9.67 Å². The smallest absolute Gasteiger partial charge is 0.166 e. The zero-order chi connectivity index (χ0) is 13.0. The first-order valence-electron chi connectivity index (χ1n) is 5.64. The highest BCUT2D eigenvalue weighted by atomic mass is 32.1. The lowest BCUT2D eigenvalue weighted by Crippen LogP contribution is -2.34. The van der Waals surface area contributed by atoms with Gasteiger partial charge >= 0.3 is 0 Å². The highest BCUT2D eigenvalue weighted by Gasteiger charge is 2.06. The Kier molecular flexibility index (Phi) is 3.88. The zero-order valence-corrected chi connectivity index (χ0v) is 11.1. The summed E-state index contributed by atoms with van der Waals surface area (Å²) in [7, 11) is 1.80. The maximum absolute atomic E-state index is 5.08. The van der Waals surface area contributed by atoms with Gasteiger partial charge in [0.25, 0.3) is 0 Å². The second-order valence-corrected chi connectivity index (χ2v) is 4.28. The predicted molar refractivity (Wildman–Crippen MR) is 74.6 cm³/mol. The average molecular weight is 261 g/mol. The van der Waals surface area contributed by atoms with Gasteiger partial charge in [-0.1, -0.05) is 12.1 Å². The summed E-state index contributed by atoms with van der Waals surface area (Å²) >= 11 is 5.08. The molecule has 0 saturated carbocycles. The molecule has 6 heteroatoms. The minimum Gasteiger partial charge on any atom is -0.366 e. The molecule has 0 aliphatic heterocycles. The normalized spacial score (nSPS) is 11.9. The maximum atomic E-state index is 5.08. The molecule has 1 aromatic carbocycles. The quantitative estimate of drug-likeness (QED) is 0.819. The van der Waals surface area contributed by atoms with Gasteiger partial charge in [0.1, 0.15) is 12.7 Å². The Bertz CT molecular complexity index is 506. The molecular weight excluding hydrogens is 246 g/mol. The molecule has 0 fully saturated rings. The molecule has 2 rings (SSSR count). The van der Waals surface area contributed by atoms with Crippen molar-refractivity contribution in [2.45, 2.75) is 13.0 Å². The molecule has 0 spiro atoms. The summed E-state index contributed by atoms with van der Waals surface area (Å²) in [6.45, 7) is 2.06. The van der Waals surface area contributed by atoms with Gasteiger partial charge in [-0.3, -0.25) is 0 Å². The lowest BCUT2D eigenvalue weighted by molar-refractivity contribution is 0.708. The number of nitrogens with zero attached hydrogens (tertiary/aromatic N) is 3. The van der Waals surface area contributed by atoms with Crippen molar-refractivity contribution < 1.29 is 0 Å². The van der Waals surface area contributed by atoms with Crippen molar-refractivity contribution in [3.63, 3.8) is 0 Å². The van der Waals surface area contributed by atoms with Gasteiger partial charge in [0.2, 0.25) is 0 Å². The van der Waals surface area contributed by atoms with Gasteiger partial charge in [-0.15, -0.1) is 0 Å². The molecule has 0 radical (unpaired) electrons. The van der Waals surface area contributed by atoms with Crippen LogP contribution in [0.1, 0.15) is 18.5 Å². The number of rotatable bonds is 3. The summed E-state index contributed by atoms with van der Waals surface area (Å²) in [6, 6.07) is 8.27. The van der Waals surface area contributed by atoms with E-state index in [9.17, 15) is 0 Å². The summed E-state index contributed by atoms with van der Waals surface area (Å²) < 4.78 is 1.72. The van der Waals surface area contributed by atoms with Crippen LogP contribution in [0.2, 0.25) is 0 Å². The lowest BCUT2D eigenvalue weighted by Gasteiger charge is -2.16. The van der Waals surface area contributed by atoms with E-state index in [1.165, 1.54) is 6.33 Å². The predicted octanol–water partition coefficient (Wildman–Crippen LogP) is 1.42. The van der Waals surface area contributed by atoms with Gasteiger partial charge in [0, 0.05) is 7.05 Å². The third kappa shape index (κ3) is 2.84. The molecule has 1 heterocycles. The summed E-state index contributed by atoms with van der Waals surface area (Å²) in [5, 5.41) is 10.8. The summed E-state index contributed by atoms with van der Waals surface area (Å²) in [5.41, 5.74) is 2.15. The van der Waals surface area contributed by atoms with Crippen molar-refractivity contribution in [1.82, 2.24) is 25.4 Å². The molecule has 2 aromatic rings. The van der Waals surface area contributed by atoms with Crippen molar-refractivity contribution in [3.8, 4) is 5.69 Å². The fourth-order valence-corrected chi connectivity index (χ4v) is 1.79. The lowest BCUT2D eigenvalue weighted by atomic mass is 10.1. The van der Waals surface area contributed by atoms with E-state index in [0.29, 0.717) is 5.11 Å². The Morgan fingerprint density at radius 2 is 2.06 bits per heavy atom. The van der Waals surface area contributed by atoms with E-state index in [-0.39, 0.29) is 6.04 Å². The number of hydrogen-bond acceptors (Lipinski definition) is 3. The Morgan fingerprint density at radius 1 is 1.33 bits per heavy atom. The van der Waals surface area contributed by atoms with Crippen LogP contribution in [0.25, 0.3) is 5.69 Å². The van der Waals surface area contributed by atoms with E-state index in [0.717, 1.165) is 11.3 Å². The highest BCUT2D eigenvalue weighted by Crippen LogP contribution is 2.14. The van der Waals surface area contributed by atoms with E-state index in [4.69, 9.17) is 12.2 Å². The fraction of sp³-hybridized carbons (Fsp3) is 0.250. The van der Waals surface area contributed by atoms with Crippen molar-refractivity contribution in [2.75, 3.05) is 7.05 Å². The molecule has 0 aliphatic rings. The van der Waals surface area contributed by atoms with Crippen molar-refractivity contribution >= 4 is 17.3 Å². The molecule has 1 atom stereocenters. The number of nitrogens with one attached hydrogen (secondary N) is 2. The van der Waals surface area contributed by atoms with Crippen LogP contribution in [0.4, 0.5) is 0 Å². The van der Waals surface area contributed by atoms with Crippen LogP contribution >= 0.6 is 12.2 Å². The van der Waals surface area contributed by atoms with Crippen molar-refractivity contribution in [3.05, 3.63) is 42.5 Å². The third-order valence-corrected chi connectivity index (χ3v) is 2.97. The second-order valence-electron chi connectivity index (χ2n) is 3.88. The van der Waals surface area contributed by atoms with Crippen LogP contribution in [0.3, 0.4) is 0 Å². The minimum absolute atomic E-state index is 0.162. The van der Waals surface area contributed by atoms with Gasteiger partial charge in [0.05, 0.1) is 11.7 Å². The molecule has 18 heavy (non-hydrogen) atoms. The van der Waals surface area contributed by atoms with Crippen LogP contribution in [0.15, 0.2) is 36.9 Å². The Morgan fingerprint density at radius 3 is 2.61 bits per heavy atom. The molecular formula is C12H15N5S. The molecule has 2 N–H and O–H groups in total. The van der Waals surface area contributed by atoms with Gasteiger partial charge < -0.3 is 10.6 Å². The summed E-state index contributed by atoms with van der Waals surface area (Å²) in [5.74, 6) is 0. The first-order valence-corrected chi connectivity index (χ1v) is 6.04. The number of benzene rings is 1. The molecule has 0 bridgehead atoms. The van der Waals surface area contributed by atoms with Crippen LogP contribution < -0.4 is 10.6 Å². The third-order valence-electron chi connectivity index (χ3n) is 2.65. The van der Waals surface area contributed by atoms with E-state index in [2.05, 4.69) is 27.6 Å². The molecule has 0 aliphatic carbocycles. The monoisotopic (exact) mass is 261 g/mol. The molecule has 0 unspecified atom stereocenters. The summed E-state index contributed by atoms with van der Waals surface area (Å²) in [4.78, 5) is 3.92. The standard InChI is InChI=1S/C12H15N5S/c1-9(16-12(18)13-2)10-3-5-11(6-4-10)17-8-14-7-15-17/h3-9H,1-2H3,(H2,13,16,18)/t9-/m1/s1. The van der Waals surface area contributed by atoms with Gasteiger partial charge in [-0.2, -0.15) is 5.10 Å². The van der Waals surface area contributed by atoms with E-state index >= 15 is 0 Å². The van der Waals surface area contributed by atoms with E-state index < -0.39 is 0 Å². The number of thiocarbonyl (C=S) groups is 1. The SMILES string of the molecule is CNC(=S)N[C@H](C)c1ccc(-n2cncn2)cc1. The minimum atomic E-state index is 0.162. The Hall–Kier alpha value is -1.95. The fourth-order valence-electron chi connectivity index (χ4n) is 1.61. The number of hydrogen-bond donors (Lipinski definition) is 2. The second kappa shape index (κ2) is 5.59.